The SMILES string of the molecule is CNC(=O)c1c(-c2ccc(F)cc2)oc2cc(N(Cc3cccc(F)c3)S(C)(=O)=O)c(-c3ccccc3)cc12. The van der Waals surface area contributed by atoms with Crippen LogP contribution in [0, 0.1) is 11.6 Å². The second kappa shape index (κ2) is 10.3. The Balaban J connectivity index is 1.81. The van der Waals surface area contributed by atoms with Crippen LogP contribution < -0.4 is 9.62 Å². The lowest BCUT2D eigenvalue weighted by Crippen LogP contribution is -2.29. The molecule has 0 aliphatic rings. The number of hydrogen-bond donors (Lipinski definition) is 1. The number of halogens is 2. The number of carbonyl (C=O) groups is 1. The van der Waals surface area contributed by atoms with Crippen molar-refractivity contribution in [2.24, 2.45) is 0 Å². The molecule has 9 heteroatoms. The molecule has 198 valence electrons. The van der Waals surface area contributed by atoms with Gasteiger partial charge in [-0.05, 0) is 53.6 Å². The number of rotatable bonds is 7. The summed E-state index contributed by atoms with van der Waals surface area (Å²) in [5.74, 6) is -1.12. The lowest BCUT2D eigenvalue weighted by Gasteiger charge is -2.25. The number of benzene rings is 4. The predicted octanol–water partition coefficient (Wildman–Crippen LogP) is 6.37. The van der Waals surface area contributed by atoms with Gasteiger partial charge in [0.15, 0.2) is 0 Å². The fourth-order valence-corrected chi connectivity index (χ4v) is 5.42. The molecule has 1 N–H and O–H groups in total. The Morgan fingerprint density at radius 3 is 2.23 bits per heavy atom. The second-order valence-corrected chi connectivity index (χ2v) is 10.9. The third kappa shape index (κ3) is 5.26. The fourth-order valence-electron chi connectivity index (χ4n) is 4.52. The first-order valence-corrected chi connectivity index (χ1v) is 13.9. The van der Waals surface area contributed by atoms with Crippen LogP contribution in [-0.2, 0) is 16.6 Å². The van der Waals surface area contributed by atoms with Crippen molar-refractivity contribution in [1.29, 1.82) is 0 Å². The zero-order chi connectivity index (χ0) is 27.7. The van der Waals surface area contributed by atoms with Gasteiger partial charge in [-0.2, -0.15) is 0 Å². The van der Waals surface area contributed by atoms with E-state index < -0.39 is 27.6 Å². The van der Waals surface area contributed by atoms with E-state index in [1.165, 1.54) is 53.8 Å². The van der Waals surface area contributed by atoms with Gasteiger partial charge < -0.3 is 9.73 Å². The van der Waals surface area contributed by atoms with Crippen molar-refractivity contribution in [1.82, 2.24) is 5.32 Å². The van der Waals surface area contributed by atoms with E-state index in [1.54, 1.807) is 18.2 Å². The Bertz CT molecular complexity index is 1780. The summed E-state index contributed by atoms with van der Waals surface area (Å²) < 4.78 is 61.2. The Labute approximate surface area is 224 Å². The fraction of sp³-hybridized carbons (Fsp3) is 0.100. The van der Waals surface area contributed by atoms with Gasteiger partial charge in [-0.25, -0.2) is 17.2 Å². The van der Waals surface area contributed by atoms with E-state index in [9.17, 15) is 22.0 Å². The van der Waals surface area contributed by atoms with Gasteiger partial charge in [0.2, 0.25) is 10.0 Å². The van der Waals surface area contributed by atoms with Gasteiger partial charge in [0.05, 0.1) is 24.1 Å². The molecule has 0 saturated heterocycles. The van der Waals surface area contributed by atoms with Crippen LogP contribution in [0.15, 0.2) is 95.4 Å². The molecule has 0 fully saturated rings. The monoisotopic (exact) mass is 546 g/mol. The Hall–Kier alpha value is -4.50. The molecule has 5 aromatic rings. The molecule has 1 heterocycles. The summed E-state index contributed by atoms with van der Waals surface area (Å²) in [5, 5.41) is 3.08. The van der Waals surface area contributed by atoms with Gasteiger partial charge in [0, 0.05) is 29.6 Å². The number of amides is 1. The summed E-state index contributed by atoms with van der Waals surface area (Å²) in [6, 6.07) is 23.7. The van der Waals surface area contributed by atoms with Gasteiger partial charge in [0.1, 0.15) is 23.0 Å². The first kappa shape index (κ1) is 26.1. The van der Waals surface area contributed by atoms with Gasteiger partial charge in [-0.3, -0.25) is 9.10 Å². The first-order valence-electron chi connectivity index (χ1n) is 12.0. The van der Waals surface area contributed by atoms with E-state index in [0.29, 0.717) is 33.3 Å². The molecule has 0 bridgehead atoms. The Kier molecular flexibility index (Phi) is 6.93. The van der Waals surface area contributed by atoms with Crippen molar-refractivity contribution in [2.75, 3.05) is 17.6 Å². The Morgan fingerprint density at radius 1 is 0.872 bits per heavy atom. The van der Waals surface area contributed by atoms with E-state index in [2.05, 4.69) is 5.32 Å². The molecular weight excluding hydrogens is 522 g/mol. The van der Waals surface area contributed by atoms with Crippen LogP contribution in [0.3, 0.4) is 0 Å². The minimum Gasteiger partial charge on any atom is -0.455 e. The molecule has 1 amide bonds. The largest absolute Gasteiger partial charge is 0.455 e. The van der Waals surface area contributed by atoms with E-state index in [0.717, 1.165) is 6.26 Å². The maximum Gasteiger partial charge on any atom is 0.255 e. The number of furan rings is 1. The molecule has 0 aliphatic heterocycles. The normalized spacial score (nSPS) is 11.5. The molecule has 0 unspecified atom stereocenters. The van der Waals surface area contributed by atoms with Gasteiger partial charge in [-0.1, -0.05) is 42.5 Å². The molecule has 0 radical (unpaired) electrons. The van der Waals surface area contributed by atoms with Crippen LogP contribution in [-0.4, -0.2) is 27.6 Å². The van der Waals surface area contributed by atoms with Crippen LogP contribution in [0.1, 0.15) is 15.9 Å². The predicted molar refractivity (Wildman–Crippen MR) is 148 cm³/mol. The number of sulfonamides is 1. The van der Waals surface area contributed by atoms with E-state index in [4.69, 9.17) is 4.42 Å². The first-order chi connectivity index (χ1) is 18.7. The zero-order valence-corrected chi connectivity index (χ0v) is 21.9. The van der Waals surface area contributed by atoms with Crippen molar-refractivity contribution in [3.63, 3.8) is 0 Å². The van der Waals surface area contributed by atoms with E-state index in [1.807, 2.05) is 30.3 Å². The number of nitrogens with one attached hydrogen (secondary N) is 1. The number of carbonyl (C=O) groups excluding carboxylic acids is 1. The molecule has 0 spiro atoms. The second-order valence-electron chi connectivity index (χ2n) is 9.02. The summed E-state index contributed by atoms with van der Waals surface area (Å²) in [7, 11) is -2.37. The maximum absolute atomic E-state index is 14.0. The highest BCUT2D eigenvalue weighted by Gasteiger charge is 2.27. The van der Waals surface area contributed by atoms with Crippen LogP contribution >= 0.6 is 0 Å². The smallest absolute Gasteiger partial charge is 0.255 e. The lowest BCUT2D eigenvalue weighted by molar-refractivity contribution is 0.0964. The number of fused-ring (bicyclic) bond motifs is 1. The number of anilines is 1. The van der Waals surface area contributed by atoms with Crippen molar-refractivity contribution in [3.8, 4) is 22.5 Å². The molecule has 1 aromatic heterocycles. The molecule has 0 atom stereocenters. The summed E-state index contributed by atoms with van der Waals surface area (Å²) in [6.07, 6.45) is 1.08. The van der Waals surface area contributed by atoms with Crippen molar-refractivity contribution < 1.29 is 26.4 Å². The zero-order valence-electron chi connectivity index (χ0n) is 21.1. The van der Waals surface area contributed by atoms with Crippen LogP contribution in [0.2, 0.25) is 0 Å². The van der Waals surface area contributed by atoms with Crippen molar-refractivity contribution in [3.05, 3.63) is 114 Å². The van der Waals surface area contributed by atoms with Crippen LogP contribution in [0.25, 0.3) is 33.4 Å². The summed E-state index contributed by atoms with van der Waals surface area (Å²) in [4.78, 5) is 13.1. The molecular formula is C30H24F2N2O4S. The van der Waals surface area contributed by atoms with Crippen molar-refractivity contribution in [2.45, 2.75) is 6.54 Å². The summed E-state index contributed by atoms with van der Waals surface area (Å²) in [5.41, 5.74) is 2.96. The molecule has 0 saturated carbocycles. The van der Waals surface area contributed by atoms with Crippen LogP contribution in [0.4, 0.5) is 14.5 Å². The van der Waals surface area contributed by atoms with Gasteiger partial charge >= 0.3 is 0 Å². The van der Waals surface area contributed by atoms with Crippen molar-refractivity contribution >= 4 is 32.6 Å². The molecule has 6 nitrogen and oxygen atoms in total. The van der Waals surface area contributed by atoms with E-state index >= 15 is 0 Å². The minimum atomic E-state index is -3.86. The topological polar surface area (TPSA) is 79.6 Å². The lowest BCUT2D eigenvalue weighted by atomic mass is 9.98. The minimum absolute atomic E-state index is 0.129. The van der Waals surface area contributed by atoms with E-state index in [-0.39, 0.29) is 23.5 Å². The van der Waals surface area contributed by atoms with Gasteiger partial charge in [0.25, 0.3) is 5.91 Å². The summed E-state index contributed by atoms with van der Waals surface area (Å²) >= 11 is 0. The van der Waals surface area contributed by atoms with Gasteiger partial charge in [-0.15, -0.1) is 0 Å². The molecule has 5 rings (SSSR count). The molecule has 4 aromatic carbocycles. The maximum atomic E-state index is 14.0. The highest BCUT2D eigenvalue weighted by atomic mass is 32.2. The summed E-state index contributed by atoms with van der Waals surface area (Å²) in [6.45, 7) is -0.129. The molecule has 39 heavy (non-hydrogen) atoms. The van der Waals surface area contributed by atoms with Crippen LogP contribution in [0.5, 0.6) is 0 Å². The highest BCUT2D eigenvalue weighted by Crippen LogP contribution is 2.42. The molecule has 0 aliphatic carbocycles. The highest BCUT2D eigenvalue weighted by molar-refractivity contribution is 7.92. The average Bonchev–Trinajstić information content (AvgIpc) is 3.29. The third-order valence-corrected chi connectivity index (χ3v) is 7.46. The standard InChI is InChI=1S/C30H24F2N2O4S/c1-33-30(35)28-25-16-24(20-8-4-3-5-9-20)26(17-27(25)38-29(28)21-11-13-22(31)14-12-21)34(39(2,36)37)18-19-7-6-10-23(32)15-19/h3-17H,18H2,1-2H3,(H,33,35). The Morgan fingerprint density at radius 2 is 1.59 bits per heavy atom. The quantitative estimate of drug-likeness (QED) is 0.257. The number of hydrogen-bond acceptors (Lipinski definition) is 4. The number of nitrogens with zero attached hydrogens (tertiary/aromatic N) is 1. The average molecular weight is 547 g/mol. The third-order valence-electron chi connectivity index (χ3n) is 6.34.